The average Bonchev–Trinajstić information content (AvgIpc) is 2.21. The Morgan fingerprint density at radius 2 is 2.19 bits per heavy atom. The Hall–Kier alpha value is -1.51. The molecule has 0 heterocycles. The smallest absolute Gasteiger partial charge is 0.122 e. The molecule has 0 saturated heterocycles. The molecule has 0 radical (unpaired) electrons. The molecule has 1 aromatic rings. The molecule has 0 saturated carbocycles. The number of carbonyl (C=O) groups excluding carboxylic acids is 1. The molecule has 0 aromatic heterocycles. The average molecular weight is 221 g/mol. The number of aryl methyl sites for hydroxylation is 2. The Morgan fingerprint density at radius 3 is 2.75 bits per heavy atom. The quantitative estimate of drug-likeness (QED) is 0.730. The normalized spacial score (nSPS) is 10.1. The molecule has 3 nitrogen and oxygen atoms in total. The molecule has 0 aliphatic rings. The molecule has 16 heavy (non-hydrogen) atoms. The van der Waals surface area contributed by atoms with Gasteiger partial charge in [0.2, 0.25) is 0 Å². The van der Waals surface area contributed by atoms with E-state index in [1.807, 2.05) is 32.0 Å². The minimum Gasteiger partial charge on any atom is -0.550 e. The molecule has 0 bridgehead atoms. The first kappa shape index (κ1) is 12.6. The van der Waals surface area contributed by atoms with Crippen molar-refractivity contribution in [1.82, 2.24) is 0 Å². The van der Waals surface area contributed by atoms with E-state index in [9.17, 15) is 9.90 Å². The van der Waals surface area contributed by atoms with Crippen LogP contribution in [0.1, 0.15) is 30.9 Å². The summed E-state index contributed by atoms with van der Waals surface area (Å²) in [5.41, 5.74) is 2.23. The van der Waals surface area contributed by atoms with Gasteiger partial charge in [0.1, 0.15) is 5.75 Å². The summed E-state index contributed by atoms with van der Waals surface area (Å²) in [4.78, 5) is 10.3. The van der Waals surface area contributed by atoms with E-state index in [0.717, 1.165) is 23.3 Å². The zero-order valence-corrected chi connectivity index (χ0v) is 9.79. The monoisotopic (exact) mass is 221 g/mol. The molecule has 0 aliphatic heterocycles. The van der Waals surface area contributed by atoms with Crippen molar-refractivity contribution in [3.63, 3.8) is 0 Å². The van der Waals surface area contributed by atoms with E-state index < -0.39 is 5.97 Å². The van der Waals surface area contributed by atoms with Gasteiger partial charge in [0.15, 0.2) is 0 Å². The summed E-state index contributed by atoms with van der Waals surface area (Å²) >= 11 is 0. The zero-order chi connectivity index (χ0) is 12.0. The number of ether oxygens (including phenoxy) is 1. The number of carboxylic acid groups (broad SMARTS) is 1. The van der Waals surface area contributed by atoms with Crippen molar-refractivity contribution in [3.05, 3.63) is 29.3 Å². The molecule has 0 N–H and O–H groups in total. The number of aliphatic carboxylic acids is 1. The van der Waals surface area contributed by atoms with Gasteiger partial charge in [-0.05, 0) is 50.3 Å². The molecule has 0 amide bonds. The number of carbonyl (C=O) groups is 1. The fourth-order valence-electron chi connectivity index (χ4n) is 1.62. The SMILES string of the molecule is CCOc1ccc(CCCC(=O)[O-])cc1C. The largest absolute Gasteiger partial charge is 0.550 e. The van der Waals surface area contributed by atoms with Crippen molar-refractivity contribution < 1.29 is 14.6 Å². The highest BCUT2D eigenvalue weighted by Gasteiger charge is 2.00. The van der Waals surface area contributed by atoms with Crippen LogP contribution in [0.3, 0.4) is 0 Å². The molecule has 0 spiro atoms. The minimum atomic E-state index is -0.984. The summed E-state index contributed by atoms with van der Waals surface area (Å²) in [6.45, 7) is 4.60. The van der Waals surface area contributed by atoms with Gasteiger partial charge in [0.25, 0.3) is 0 Å². The second-order valence-electron chi connectivity index (χ2n) is 3.76. The predicted molar refractivity (Wildman–Crippen MR) is 60.3 cm³/mol. The fourth-order valence-corrected chi connectivity index (χ4v) is 1.62. The van der Waals surface area contributed by atoms with Crippen LogP contribution in [0.2, 0.25) is 0 Å². The molecule has 0 fully saturated rings. The number of rotatable bonds is 6. The predicted octanol–water partition coefficient (Wildman–Crippen LogP) is 1.47. The van der Waals surface area contributed by atoms with Crippen molar-refractivity contribution in [1.29, 1.82) is 0 Å². The van der Waals surface area contributed by atoms with E-state index in [4.69, 9.17) is 4.74 Å². The molecule has 1 rings (SSSR count). The van der Waals surface area contributed by atoms with Gasteiger partial charge in [-0.1, -0.05) is 12.1 Å². The highest BCUT2D eigenvalue weighted by atomic mass is 16.5. The van der Waals surface area contributed by atoms with Gasteiger partial charge >= 0.3 is 0 Å². The number of benzene rings is 1. The number of hydrogen-bond donors (Lipinski definition) is 0. The van der Waals surface area contributed by atoms with Crippen LogP contribution in [0.5, 0.6) is 5.75 Å². The summed E-state index contributed by atoms with van der Waals surface area (Å²) in [7, 11) is 0. The zero-order valence-electron chi connectivity index (χ0n) is 9.79. The first-order valence-corrected chi connectivity index (χ1v) is 5.55. The molecule has 1 aromatic carbocycles. The molecular formula is C13H17O3-. The van der Waals surface area contributed by atoms with Gasteiger partial charge in [0.05, 0.1) is 6.61 Å². The van der Waals surface area contributed by atoms with Gasteiger partial charge in [-0.25, -0.2) is 0 Å². The maximum atomic E-state index is 10.3. The van der Waals surface area contributed by atoms with Gasteiger partial charge in [-0.2, -0.15) is 0 Å². The van der Waals surface area contributed by atoms with Crippen molar-refractivity contribution in [3.8, 4) is 5.75 Å². The lowest BCUT2D eigenvalue weighted by molar-refractivity contribution is -0.305. The van der Waals surface area contributed by atoms with Gasteiger partial charge < -0.3 is 14.6 Å². The lowest BCUT2D eigenvalue weighted by Crippen LogP contribution is -2.21. The first-order chi connectivity index (χ1) is 7.63. The van der Waals surface area contributed by atoms with Crippen molar-refractivity contribution >= 4 is 5.97 Å². The standard InChI is InChI=1S/C13H18O3/c1-3-16-12-8-7-11(9-10(12)2)5-4-6-13(14)15/h7-9H,3-6H2,1-2H3,(H,14,15)/p-1. The van der Waals surface area contributed by atoms with Crippen molar-refractivity contribution in [2.45, 2.75) is 33.1 Å². The van der Waals surface area contributed by atoms with Crippen LogP contribution in [-0.2, 0) is 11.2 Å². The van der Waals surface area contributed by atoms with E-state index in [1.54, 1.807) is 0 Å². The Bertz CT molecular complexity index is 358. The van der Waals surface area contributed by atoms with Crippen molar-refractivity contribution in [2.75, 3.05) is 6.61 Å². The van der Waals surface area contributed by atoms with Crippen LogP contribution in [0.25, 0.3) is 0 Å². The van der Waals surface area contributed by atoms with Crippen LogP contribution in [0, 0.1) is 6.92 Å². The molecule has 0 atom stereocenters. The third kappa shape index (κ3) is 3.93. The van der Waals surface area contributed by atoms with Crippen LogP contribution in [0.15, 0.2) is 18.2 Å². The topological polar surface area (TPSA) is 49.4 Å². The molecule has 88 valence electrons. The second kappa shape index (κ2) is 6.16. The maximum Gasteiger partial charge on any atom is 0.122 e. The van der Waals surface area contributed by atoms with Gasteiger partial charge in [-0.3, -0.25) is 0 Å². The Kier molecular flexibility index (Phi) is 4.83. The molecular weight excluding hydrogens is 204 g/mol. The van der Waals surface area contributed by atoms with E-state index in [1.165, 1.54) is 0 Å². The van der Waals surface area contributed by atoms with E-state index >= 15 is 0 Å². The van der Waals surface area contributed by atoms with E-state index in [2.05, 4.69) is 0 Å². The minimum absolute atomic E-state index is 0.117. The summed E-state index contributed by atoms with van der Waals surface area (Å²) in [6.07, 6.45) is 1.50. The van der Waals surface area contributed by atoms with E-state index in [0.29, 0.717) is 13.0 Å². The van der Waals surface area contributed by atoms with Crippen molar-refractivity contribution in [2.24, 2.45) is 0 Å². The third-order valence-corrected chi connectivity index (χ3v) is 2.39. The highest BCUT2D eigenvalue weighted by molar-refractivity contribution is 5.64. The first-order valence-electron chi connectivity index (χ1n) is 5.55. The maximum absolute atomic E-state index is 10.3. The Morgan fingerprint density at radius 1 is 1.44 bits per heavy atom. The third-order valence-electron chi connectivity index (χ3n) is 2.39. The van der Waals surface area contributed by atoms with E-state index in [-0.39, 0.29) is 6.42 Å². The molecule has 0 unspecified atom stereocenters. The number of hydrogen-bond acceptors (Lipinski definition) is 3. The van der Waals surface area contributed by atoms with Crippen LogP contribution in [0.4, 0.5) is 0 Å². The summed E-state index contributed by atoms with van der Waals surface area (Å²) in [6, 6.07) is 5.96. The van der Waals surface area contributed by atoms with Crippen LogP contribution in [-0.4, -0.2) is 12.6 Å². The molecule has 3 heteroatoms. The Balaban J connectivity index is 2.55. The summed E-state index contributed by atoms with van der Waals surface area (Å²) in [5.74, 6) is -0.0891. The molecule has 0 aliphatic carbocycles. The van der Waals surface area contributed by atoms with Gasteiger partial charge in [0, 0.05) is 5.97 Å². The fraction of sp³-hybridized carbons (Fsp3) is 0.462. The summed E-state index contributed by atoms with van der Waals surface area (Å²) in [5, 5.41) is 10.3. The summed E-state index contributed by atoms with van der Waals surface area (Å²) < 4.78 is 5.43. The van der Waals surface area contributed by atoms with Gasteiger partial charge in [-0.15, -0.1) is 0 Å². The Labute approximate surface area is 96.1 Å². The van der Waals surface area contributed by atoms with Crippen LogP contribution >= 0.6 is 0 Å². The van der Waals surface area contributed by atoms with Crippen LogP contribution < -0.4 is 9.84 Å². The second-order valence-corrected chi connectivity index (χ2v) is 3.76. The number of carboxylic acids is 1. The lowest BCUT2D eigenvalue weighted by Gasteiger charge is -2.09. The highest BCUT2D eigenvalue weighted by Crippen LogP contribution is 2.20. The lowest BCUT2D eigenvalue weighted by atomic mass is 10.1.